The second-order valence-electron chi connectivity index (χ2n) is 4.91. The van der Waals surface area contributed by atoms with Crippen molar-refractivity contribution in [2.24, 2.45) is 11.7 Å². The summed E-state index contributed by atoms with van der Waals surface area (Å²) in [5.74, 6) is -1.00. The molecule has 104 valence electrons. The molecule has 1 aliphatic heterocycles. The Bertz CT molecular complexity index is 509. The molecule has 7 heteroatoms. The average molecular weight is 269 g/mol. The minimum atomic E-state index is -1.03. The van der Waals surface area contributed by atoms with Crippen LogP contribution in [0, 0.1) is 21.8 Å². The minimum Gasteiger partial charge on any atom is -0.507 e. The van der Waals surface area contributed by atoms with Gasteiger partial charge < -0.3 is 10.8 Å². The standard InChI is InChI=1S/C12H16FN3O3/c1-15-6-7(5-14)2-10(15)8-3-11(16(18)19)9(13)4-12(8)17/h3-4,7,10,17H,2,5-6,14H2,1H3. The van der Waals surface area contributed by atoms with E-state index in [9.17, 15) is 19.6 Å². The Morgan fingerprint density at radius 2 is 2.32 bits per heavy atom. The maximum atomic E-state index is 13.4. The van der Waals surface area contributed by atoms with Gasteiger partial charge in [0.15, 0.2) is 0 Å². The Balaban J connectivity index is 2.39. The molecule has 1 saturated heterocycles. The molecule has 2 atom stereocenters. The van der Waals surface area contributed by atoms with Gasteiger partial charge in [0.2, 0.25) is 5.82 Å². The van der Waals surface area contributed by atoms with Gasteiger partial charge in [0.05, 0.1) is 4.92 Å². The Kier molecular flexibility index (Phi) is 3.68. The first-order chi connectivity index (χ1) is 8.93. The molecule has 0 aliphatic carbocycles. The number of nitrogens with zero attached hydrogens (tertiary/aromatic N) is 2. The quantitative estimate of drug-likeness (QED) is 0.639. The van der Waals surface area contributed by atoms with Gasteiger partial charge >= 0.3 is 5.69 Å². The van der Waals surface area contributed by atoms with Gasteiger partial charge in [0, 0.05) is 30.3 Å². The summed E-state index contributed by atoms with van der Waals surface area (Å²) in [5, 5.41) is 20.6. The molecule has 1 aromatic rings. The molecule has 1 aromatic carbocycles. The SMILES string of the molecule is CN1CC(CN)CC1c1cc([N+](=O)[O-])c(F)cc1O. The van der Waals surface area contributed by atoms with Crippen LogP contribution in [0.5, 0.6) is 5.75 Å². The maximum Gasteiger partial charge on any atom is 0.305 e. The van der Waals surface area contributed by atoms with E-state index in [0.29, 0.717) is 18.5 Å². The van der Waals surface area contributed by atoms with Crippen molar-refractivity contribution >= 4 is 5.69 Å². The summed E-state index contributed by atoms with van der Waals surface area (Å²) >= 11 is 0. The van der Waals surface area contributed by atoms with E-state index in [4.69, 9.17) is 5.73 Å². The zero-order chi connectivity index (χ0) is 14.2. The Morgan fingerprint density at radius 3 is 2.84 bits per heavy atom. The second-order valence-corrected chi connectivity index (χ2v) is 4.91. The number of nitro benzene ring substituents is 1. The Labute approximate surface area is 109 Å². The van der Waals surface area contributed by atoms with E-state index in [-0.39, 0.29) is 17.7 Å². The van der Waals surface area contributed by atoms with Gasteiger partial charge in [-0.05, 0) is 25.9 Å². The number of nitrogens with two attached hydrogens (primary N) is 1. The van der Waals surface area contributed by atoms with E-state index in [1.807, 2.05) is 11.9 Å². The van der Waals surface area contributed by atoms with Crippen molar-refractivity contribution in [3.05, 3.63) is 33.6 Å². The minimum absolute atomic E-state index is 0.173. The molecule has 0 bridgehead atoms. The highest BCUT2D eigenvalue weighted by Crippen LogP contribution is 2.40. The lowest BCUT2D eigenvalue weighted by molar-refractivity contribution is -0.387. The van der Waals surface area contributed by atoms with Crippen LogP contribution in [-0.4, -0.2) is 35.1 Å². The summed E-state index contributed by atoms with van der Waals surface area (Å²) in [6.07, 6.45) is 0.698. The highest BCUT2D eigenvalue weighted by atomic mass is 19.1. The molecule has 0 spiro atoms. The van der Waals surface area contributed by atoms with E-state index in [1.54, 1.807) is 0 Å². The number of nitro groups is 1. The van der Waals surface area contributed by atoms with Crippen LogP contribution in [0.1, 0.15) is 18.0 Å². The van der Waals surface area contributed by atoms with E-state index in [2.05, 4.69) is 0 Å². The summed E-state index contributed by atoms with van der Waals surface area (Å²) in [4.78, 5) is 11.9. The number of rotatable bonds is 3. The number of hydrogen-bond donors (Lipinski definition) is 2. The molecule has 1 heterocycles. The largest absolute Gasteiger partial charge is 0.507 e. The molecule has 2 rings (SSSR count). The normalized spacial score (nSPS) is 23.7. The number of phenolic OH excluding ortho intramolecular Hbond substituents is 1. The molecule has 0 saturated carbocycles. The Morgan fingerprint density at radius 1 is 1.63 bits per heavy atom. The summed E-state index contributed by atoms with van der Waals surface area (Å²) in [6.45, 7) is 1.27. The van der Waals surface area contributed by atoms with Crippen molar-refractivity contribution in [1.82, 2.24) is 4.90 Å². The molecule has 0 radical (unpaired) electrons. The highest BCUT2D eigenvalue weighted by Gasteiger charge is 2.33. The van der Waals surface area contributed by atoms with Crippen LogP contribution < -0.4 is 5.73 Å². The van der Waals surface area contributed by atoms with Crippen molar-refractivity contribution in [3.63, 3.8) is 0 Å². The number of likely N-dealkylation sites (tertiary alicyclic amines) is 1. The van der Waals surface area contributed by atoms with Crippen LogP contribution in [0.4, 0.5) is 10.1 Å². The number of halogens is 1. The molecule has 0 aromatic heterocycles. The van der Waals surface area contributed by atoms with E-state index in [0.717, 1.165) is 18.7 Å². The lowest BCUT2D eigenvalue weighted by atomic mass is 9.98. The topological polar surface area (TPSA) is 92.6 Å². The third-order valence-corrected chi connectivity index (χ3v) is 3.62. The molecular formula is C12H16FN3O3. The molecule has 1 fully saturated rings. The van der Waals surface area contributed by atoms with Gasteiger partial charge in [-0.25, -0.2) is 0 Å². The fourth-order valence-corrected chi connectivity index (χ4v) is 2.61. The van der Waals surface area contributed by atoms with Crippen molar-refractivity contribution in [2.75, 3.05) is 20.1 Å². The predicted octanol–water partition coefficient (Wildman–Crippen LogP) is 1.39. The van der Waals surface area contributed by atoms with Gasteiger partial charge in [-0.15, -0.1) is 0 Å². The number of phenols is 1. The van der Waals surface area contributed by atoms with Crippen LogP contribution in [0.2, 0.25) is 0 Å². The lowest BCUT2D eigenvalue weighted by Gasteiger charge is -2.20. The van der Waals surface area contributed by atoms with Crippen molar-refractivity contribution < 1.29 is 14.4 Å². The van der Waals surface area contributed by atoms with E-state index >= 15 is 0 Å². The molecule has 2 unspecified atom stereocenters. The first-order valence-corrected chi connectivity index (χ1v) is 6.01. The van der Waals surface area contributed by atoms with Gasteiger partial charge in [0.25, 0.3) is 0 Å². The molecular weight excluding hydrogens is 253 g/mol. The van der Waals surface area contributed by atoms with Gasteiger partial charge in [-0.1, -0.05) is 0 Å². The van der Waals surface area contributed by atoms with E-state index in [1.165, 1.54) is 0 Å². The van der Waals surface area contributed by atoms with Gasteiger partial charge in [-0.3, -0.25) is 15.0 Å². The van der Waals surface area contributed by atoms with Crippen molar-refractivity contribution in [2.45, 2.75) is 12.5 Å². The Hall–Kier alpha value is -1.73. The summed E-state index contributed by atoms with van der Waals surface area (Å²) in [5.41, 5.74) is 5.39. The first kappa shape index (κ1) is 13.7. The van der Waals surface area contributed by atoms with Crippen LogP contribution in [0.15, 0.2) is 12.1 Å². The first-order valence-electron chi connectivity index (χ1n) is 6.01. The fraction of sp³-hybridized carbons (Fsp3) is 0.500. The number of hydrogen-bond acceptors (Lipinski definition) is 5. The van der Waals surface area contributed by atoms with Crippen molar-refractivity contribution in [3.8, 4) is 5.75 Å². The second kappa shape index (κ2) is 5.10. The summed E-state index contributed by atoms with van der Waals surface area (Å²) < 4.78 is 13.4. The molecule has 6 nitrogen and oxygen atoms in total. The van der Waals surface area contributed by atoms with Crippen LogP contribution in [-0.2, 0) is 0 Å². The fourth-order valence-electron chi connectivity index (χ4n) is 2.61. The monoisotopic (exact) mass is 269 g/mol. The molecule has 19 heavy (non-hydrogen) atoms. The molecule has 0 amide bonds. The summed E-state index contributed by atoms with van der Waals surface area (Å²) in [6, 6.07) is 1.75. The highest BCUT2D eigenvalue weighted by molar-refractivity contribution is 5.46. The number of benzene rings is 1. The predicted molar refractivity (Wildman–Crippen MR) is 67.3 cm³/mol. The van der Waals surface area contributed by atoms with Gasteiger partial charge in [0.1, 0.15) is 5.75 Å². The van der Waals surface area contributed by atoms with Crippen LogP contribution in [0.25, 0.3) is 0 Å². The third kappa shape index (κ3) is 2.52. The molecule has 1 aliphatic rings. The lowest BCUT2D eigenvalue weighted by Crippen LogP contribution is -2.20. The average Bonchev–Trinajstić information content (AvgIpc) is 2.70. The van der Waals surface area contributed by atoms with Crippen molar-refractivity contribution in [1.29, 1.82) is 0 Å². The zero-order valence-corrected chi connectivity index (χ0v) is 10.5. The van der Waals surface area contributed by atoms with Gasteiger partial charge in [-0.2, -0.15) is 4.39 Å². The third-order valence-electron chi connectivity index (χ3n) is 3.62. The zero-order valence-electron chi connectivity index (χ0n) is 10.5. The molecule has 3 N–H and O–H groups in total. The van der Waals surface area contributed by atoms with Crippen LogP contribution >= 0.6 is 0 Å². The summed E-state index contributed by atoms with van der Waals surface area (Å²) in [7, 11) is 1.86. The number of aromatic hydroxyl groups is 1. The maximum absolute atomic E-state index is 13.4. The van der Waals surface area contributed by atoms with Crippen LogP contribution in [0.3, 0.4) is 0 Å². The van der Waals surface area contributed by atoms with E-state index < -0.39 is 16.4 Å². The smallest absolute Gasteiger partial charge is 0.305 e.